The monoisotopic (exact) mass is 551 g/mol. The zero-order valence-corrected chi connectivity index (χ0v) is 21.8. The van der Waals surface area contributed by atoms with E-state index in [1.165, 1.54) is 41.6 Å². The minimum absolute atomic E-state index is 0.0284. The van der Waals surface area contributed by atoms with Gasteiger partial charge in [0.05, 0.1) is 24.1 Å². The molecule has 1 aliphatic carbocycles. The molecule has 2 aromatic rings. The van der Waals surface area contributed by atoms with Gasteiger partial charge in [-0.1, -0.05) is 13.8 Å². The summed E-state index contributed by atoms with van der Waals surface area (Å²) in [5.74, 6) is -0.418. The number of carbonyl (C=O) groups excluding carboxylic acids is 3. The number of alkyl halides is 3. The average Bonchev–Trinajstić information content (AvgIpc) is 3.65. The fourth-order valence-corrected chi connectivity index (χ4v) is 4.90. The molecule has 1 aromatic carbocycles. The van der Waals surface area contributed by atoms with Crippen LogP contribution < -0.4 is 10.2 Å². The molecule has 1 spiro atoms. The molecule has 13 heteroatoms. The fourth-order valence-electron chi connectivity index (χ4n) is 4.36. The molecule has 4 rings (SSSR count). The van der Waals surface area contributed by atoms with E-state index in [2.05, 4.69) is 15.2 Å². The summed E-state index contributed by atoms with van der Waals surface area (Å²) < 4.78 is 43.3. The highest BCUT2D eigenvalue weighted by molar-refractivity contribution is 8.00. The second kappa shape index (κ2) is 11.2. The molecule has 0 bridgehead atoms. The van der Waals surface area contributed by atoms with Crippen LogP contribution in [0.2, 0.25) is 0 Å². The van der Waals surface area contributed by atoms with Crippen molar-refractivity contribution >= 4 is 41.2 Å². The molecule has 2 fully saturated rings. The van der Waals surface area contributed by atoms with Crippen LogP contribution >= 0.6 is 11.8 Å². The molecule has 0 atom stereocenters. The summed E-state index contributed by atoms with van der Waals surface area (Å²) in [4.78, 5) is 47.6. The number of nitrogens with one attached hydrogen (secondary N) is 1. The van der Waals surface area contributed by atoms with Crippen molar-refractivity contribution in [2.24, 2.45) is 0 Å². The Morgan fingerprint density at radius 1 is 1.16 bits per heavy atom. The Hall–Kier alpha value is -3.32. The van der Waals surface area contributed by atoms with E-state index in [9.17, 15) is 27.6 Å². The van der Waals surface area contributed by atoms with Crippen molar-refractivity contribution in [1.29, 1.82) is 0 Å². The largest absolute Gasteiger partial charge is 0.448 e. The molecule has 204 valence electrons. The van der Waals surface area contributed by atoms with Gasteiger partial charge in [-0.15, -0.1) is 0 Å². The van der Waals surface area contributed by atoms with Gasteiger partial charge >= 0.3 is 17.6 Å². The standard InChI is InChI=1S/C25H28F3N5O4S/c1-3-31(4-2)13-14-37-22(35)30-20-15-29-12-9-17(20)16-32-23(36)33(21(34)24(32)10-11-24)18-5-7-19(8-6-18)38-25(26,27)28/h5-9,12,15H,3-4,10-11,13-14,16H2,1-2H3,(H,30,35). The van der Waals surface area contributed by atoms with Gasteiger partial charge in [-0.2, -0.15) is 13.2 Å². The van der Waals surface area contributed by atoms with E-state index in [0.717, 1.165) is 18.0 Å². The number of ether oxygens (including phenoxy) is 1. The lowest BCUT2D eigenvalue weighted by Crippen LogP contribution is -2.36. The van der Waals surface area contributed by atoms with Crippen LogP contribution in [0.25, 0.3) is 0 Å². The van der Waals surface area contributed by atoms with E-state index < -0.39 is 29.1 Å². The number of nitrogens with zero attached hydrogens (tertiary/aromatic N) is 4. The van der Waals surface area contributed by atoms with Gasteiger partial charge in [0.25, 0.3) is 5.91 Å². The maximum absolute atomic E-state index is 13.4. The van der Waals surface area contributed by atoms with Gasteiger partial charge in [-0.3, -0.25) is 15.1 Å². The van der Waals surface area contributed by atoms with E-state index in [4.69, 9.17) is 4.74 Å². The number of likely N-dealkylation sites (N-methyl/N-ethyl adjacent to an activating group) is 1. The van der Waals surface area contributed by atoms with Gasteiger partial charge in [-0.25, -0.2) is 14.5 Å². The quantitative estimate of drug-likeness (QED) is 0.325. The minimum atomic E-state index is -4.44. The van der Waals surface area contributed by atoms with Crippen LogP contribution in [0.1, 0.15) is 32.3 Å². The summed E-state index contributed by atoms with van der Waals surface area (Å²) in [6, 6.07) is 6.19. The van der Waals surface area contributed by atoms with Gasteiger partial charge in [0.15, 0.2) is 0 Å². The Kier molecular flexibility index (Phi) is 8.16. The van der Waals surface area contributed by atoms with Gasteiger partial charge in [0.2, 0.25) is 0 Å². The van der Waals surface area contributed by atoms with Gasteiger partial charge in [0.1, 0.15) is 12.1 Å². The second-order valence-electron chi connectivity index (χ2n) is 8.90. The Balaban J connectivity index is 1.46. The number of urea groups is 1. The van der Waals surface area contributed by atoms with Crippen molar-refractivity contribution in [3.8, 4) is 0 Å². The van der Waals surface area contributed by atoms with Crippen LogP contribution in [0.4, 0.5) is 34.1 Å². The highest BCUT2D eigenvalue weighted by Crippen LogP contribution is 2.50. The third kappa shape index (κ3) is 6.04. The molecular formula is C25H28F3N5O4S. The number of pyridine rings is 1. The Labute approximate surface area is 222 Å². The Morgan fingerprint density at radius 2 is 1.84 bits per heavy atom. The first-order valence-corrected chi connectivity index (χ1v) is 13.0. The molecule has 1 saturated heterocycles. The summed E-state index contributed by atoms with van der Waals surface area (Å²) in [5, 5.41) is 2.66. The molecular weight excluding hydrogens is 523 g/mol. The number of hydrogen-bond donors (Lipinski definition) is 1. The van der Waals surface area contributed by atoms with E-state index >= 15 is 0 Å². The normalized spacial score (nSPS) is 16.5. The van der Waals surface area contributed by atoms with Gasteiger partial charge < -0.3 is 14.5 Å². The number of imide groups is 1. The van der Waals surface area contributed by atoms with Gasteiger partial charge in [-0.05, 0) is 73.6 Å². The SMILES string of the molecule is CCN(CC)CCOC(=O)Nc1cnccc1CN1C(=O)N(c2ccc(SC(F)(F)F)cc2)C(=O)C12CC2. The van der Waals surface area contributed by atoms with Crippen molar-refractivity contribution in [2.75, 3.05) is 36.5 Å². The Morgan fingerprint density at radius 3 is 2.45 bits per heavy atom. The fraction of sp³-hybridized carbons (Fsp3) is 0.440. The number of benzene rings is 1. The number of rotatable bonds is 10. The summed E-state index contributed by atoms with van der Waals surface area (Å²) in [6.07, 6.45) is 3.24. The van der Waals surface area contributed by atoms with E-state index in [0.29, 0.717) is 30.6 Å². The predicted octanol–water partition coefficient (Wildman–Crippen LogP) is 5.09. The lowest BCUT2D eigenvalue weighted by atomic mass is 10.1. The third-order valence-corrected chi connectivity index (χ3v) is 7.34. The zero-order chi connectivity index (χ0) is 27.5. The first-order chi connectivity index (χ1) is 18.1. The number of amides is 4. The summed E-state index contributed by atoms with van der Waals surface area (Å²) in [5.41, 5.74) is -4.34. The summed E-state index contributed by atoms with van der Waals surface area (Å²) in [6.45, 7) is 6.55. The van der Waals surface area contributed by atoms with Crippen LogP contribution in [-0.4, -0.2) is 70.1 Å². The molecule has 1 aromatic heterocycles. The number of carbonyl (C=O) groups is 3. The molecule has 1 saturated carbocycles. The molecule has 38 heavy (non-hydrogen) atoms. The molecule has 1 aliphatic heterocycles. The average molecular weight is 552 g/mol. The van der Waals surface area contributed by atoms with Crippen molar-refractivity contribution in [3.63, 3.8) is 0 Å². The van der Waals surface area contributed by atoms with Crippen LogP contribution in [-0.2, 0) is 16.1 Å². The minimum Gasteiger partial charge on any atom is -0.448 e. The zero-order valence-electron chi connectivity index (χ0n) is 21.0. The van der Waals surface area contributed by atoms with Crippen LogP contribution in [0.5, 0.6) is 0 Å². The molecule has 0 radical (unpaired) electrons. The van der Waals surface area contributed by atoms with Crippen molar-refractivity contribution in [1.82, 2.24) is 14.8 Å². The smallest absolute Gasteiger partial charge is 0.446 e. The van der Waals surface area contributed by atoms with E-state index in [-0.39, 0.29) is 35.5 Å². The van der Waals surface area contributed by atoms with Gasteiger partial charge in [0, 0.05) is 17.6 Å². The first kappa shape index (κ1) is 27.7. The van der Waals surface area contributed by atoms with Crippen LogP contribution in [0.15, 0.2) is 47.6 Å². The molecule has 2 aliphatic rings. The lowest BCUT2D eigenvalue weighted by molar-refractivity contribution is -0.120. The topological polar surface area (TPSA) is 95.1 Å². The van der Waals surface area contributed by atoms with Crippen molar-refractivity contribution in [3.05, 3.63) is 48.3 Å². The van der Waals surface area contributed by atoms with Crippen molar-refractivity contribution in [2.45, 2.75) is 49.2 Å². The van der Waals surface area contributed by atoms with Crippen LogP contribution in [0, 0.1) is 0 Å². The highest BCUT2D eigenvalue weighted by Gasteiger charge is 2.65. The molecule has 2 heterocycles. The van der Waals surface area contributed by atoms with Crippen molar-refractivity contribution < 1.29 is 32.3 Å². The summed E-state index contributed by atoms with van der Waals surface area (Å²) in [7, 11) is 0. The van der Waals surface area contributed by atoms with E-state index in [1.54, 1.807) is 6.07 Å². The van der Waals surface area contributed by atoms with E-state index in [1.807, 2.05) is 13.8 Å². The Bertz CT molecular complexity index is 1190. The maximum atomic E-state index is 13.4. The maximum Gasteiger partial charge on any atom is 0.446 e. The van der Waals surface area contributed by atoms with Crippen LogP contribution in [0.3, 0.4) is 0 Å². The molecule has 9 nitrogen and oxygen atoms in total. The second-order valence-corrected chi connectivity index (χ2v) is 10.0. The number of anilines is 2. The number of aromatic nitrogens is 1. The molecule has 0 unspecified atom stereocenters. The third-order valence-electron chi connectivity index (χ3n) is 6.60. The number of hydrogen-bond acceptors (Lipinski definition) is 7. The number of thioether (sulfide) groups is 1. The molecule has 4 amide bonds. The summed E-state index contributed by atoms with van der Waals surface area (Å²) >= 11 is -0.269. The lowest BCUT2D eigenvalue weighted by Gasteiger charge is -2.23. The molecule has 1 N–H and O–H groups in total. The highest BCUT2D eigenvalue weighted by atomic mass is 32.2. The number of halogens is 3. The first-order valence-electron chi connectivity index (χ1n) is 12.2. The predicted molar refractivity (Wildman–Crippen MR) is 136 cm³/mol.